The van der Waals surface area contributed by atoms with Crippen LogP contribution in [-0.2, 0) is 16.0 Å². The van der Waals surface area contributed by atoms with Gasteiger partial charge in [-0.15, -0.1) is 0 Å². The molecule has 0 N–H and O–H groups in total. The van der Waals surface area contributed by atoms with Crippen LogP contribution in [0.5, 0.6) is 0 Å². The average molecular weight is 257 g/mol. The Kier molecular flexibility index (Phi) is 4.66. The molecular formula is C11H13BrO2. The molecule has 0 aliphatic rings. The molecule has 0 amide bonds. The number of aryl methyl sites for hydroxylation is 1. The third-order valence-electron chi connectivity index (χ3n) is 1.99. The van der Waals surface area contributed by atoms with Crippen molar-refractivity contribution >= 4 is 21.9 Å². The summed E-state index contributed by atoms with van der Waals surface area (Å²) in [5.41, 5.74) is 1.24. The second kappa shape index (κ2) is 5.81. The molecule has 0 fully saturated rings. The maximum Gasteiger partial charge on any atom is 0.319 e. The molecule has 14 heavy (non-hydrogen) atoms. The Bertz CT molecular complexity index is 285. The number of methoxy groups -OCH3 is 1. The lowest BCUT2D eigenvalue weighted by atomic mass is 10.1. The summed E-state index contributed by atoms with van der Waals surface area (Å²) in [6.07, 6.45) is 1.64. The Morgan fingerprint density at radius 1 is 1.43 bits per heavy atom. The number of alkyl halides is 1. The first kappa shape index (κ1) is 11.2. The van der Waals surface area contributed by atoms with Gasteiger partial charge in [0.25, 0.3) is 0 Å². The molecule has 0 unspecified atom stereocenters. The van der Waals surface area contributed by atoms with Crippen LogP contribution in [0.3, 0.4) is 0 Å². The third kappa shape index (κ3) is 3.50. The van der Waals surface area contributed by atoms with Gasteiger partial charge in [0.15, 0.2) is 0 Å². The van der Waals surface area contributed by atoms with Gasteiger partial charge in [-0.05, 0) is 18.4 Å². The minimum atomic E-state index is -0.207. The minimum Gasteiger partial charge on any atom is -0.468 e. The lowest BCUT2D eigenvalue weighted by Crippen LogP contribution is -2.16. The van der Waals surface area contributed by atoms with Crippen LogP contribution in [0, 0.1) is 0 Å². The van der Waals surface area contributed by atoms with Gasteiger partial charge in [0.2, 0.25) is 0 Å². The van der Waals surface area contributed by atoms with Crippen molar-refractivity contribution in [2.45, 2.75) is 17.7 Å². The molecule has 0 aliphatic heterocycles. The van der Waals surface area contributed by atoms with Gasteiger partial charge in [0.05, 0.1) is 7.11 Å². The highest BCUT2D eigenvalue weighted by molar-refractivity contribution is 9.10. The highest BCUT2D eigenvalue weighted by Gasteiger charge is 2.14. The van der Waals surface area contributed by atoms with E-state index in [2.05, 4.69) is 32.8 Å². The van der Waals surface area contributed by atoms with E-state index in [1.165, 1.54) is 12.7 Å². The third-order valence-corrected chi connectivity index (χ3v) is 2.82. The number of hydrogen-bond acceptors (Lipinski definition) is 2. The normalized spacial score (nSPS) is 12.1. The van der Waals surface area contributed by atoms with E-state index >= 15 is 0 Å². The molecule has 1 rings (SSSR count). The van der Waals surface area contributed by atoms with Crippen molar-refractivity contribution < 1.29 is 9.53 Å². The van der Waals surface area contributed by atoms with Gasteiger partial charge in [-0.3, -0.25) is 4.79 Å². The van der Waals surface area contributed by atoms with Gasteiger partial charge in [0, 0.05) is 0 Å². The zero-order valence-corrected chi connectivity index (χ0v) is 9.66. The second-order valence-corrected chi connectivity index (χ2v) is 4.12. The summed E-state index contributed by atoms with van der Waals surface area (Å²) >= 11 is 3.29. The SMILES string of the molecule is COC(=O)[C@@H](Br)CCc1ccccc1. The molecule has 0 aromatic heterocycles. The second-order valence-electron chi connectivity index (χ2n) is 3.01. The Morgan fingerprint density at radius 3 is 2.64 bits per heavy atom. The molecular weight excluding hydrogens is 244 g/mol. The van der Waals surface area contributed by atoms with E-state index in [1.807, 2.05) is 18.2 Å². The first-order chi connectivity index (χ1) is 6.74. The zero-order chi connectivity index (χ0) is 10.4. The van der Waals surface area contributed by atoms with Gasteiger partial charge >= 0.3 is 5.97 Å². The lowest BCUT2D eigenvalue weighted by Gasteiger charge is -2.06. The zero-order valence-electron chi connectivity index (χ0n) is 8.07. The van der Waals surface area contributed by atoms with Crippen LogP contribution in [0.25, 0.3) is 0 Å². The Balaban J connectivity index is 2.38. The summed E-state index contributed by atoms with van der Waals surface area (Å²) in [7, 11) is 1.40. The number of halogens is 1. The van der Waals surface area contributed by atoms with Crippen molar-refractivity contribution in [2.75, 3.05) is 7.11 Å². The Hall–Kier alpha value is -0.830. The Labute approximate surface area is 92.4 Å². The number of rotatable bonds is 4. The maximum absolute atomic E-state index is 11.1. The van der Waals surface area contributed by atoms with Crippen LogP contribution in [-0.4, -0.2) is 17.9 Å². The van der Waals surface area contributed by atoms with Crippen LogP contribution in [0.4, 0.5) is 0 Å². The van der Waals surface area contributed by atoms with E-state index < -0.39 is 0 Å². The summed E-state index contributed by atoms with van der Waals surface area (Å²) < 4.78 is 4.61. The molecule has 1 aromatic carbocycles. The molecule has 2 nitrogen and oxygen atoms in total. The average Bonchev–Trinajstić information content (AvgIpc) is 2.26. The number of carbonyl (C=O) groups excluding carboxylic acids is 1. The fourth-order valence-corrected chi connectivity index (χ4v) is 1.60. The number of carbonyl (C=O) groups is 1. The predicted octanol–water partition coefficient (Wildman–Crippen LogP) is 2.56. The van der Waals surface area contributed by atoms with Crippen molar-refractivity contribution in [2.24, 2.45) is 0 Å². The molecule has 0 saturated carbocycles. The van der Waals surface area contributed by atoms with Crippen molar-refractivity contribution in [1.82, 2.24) is 0 Å². The molecule has 0 spiro atoms. The van der Waals surface area contributed by atoms with Crippen LogP contribution < -0.4 is 0 Å². The molecule has 1 aromatic rings. The van der Waals surface area contributed by atoms with E-state index in [9.17, 15) is 4.79 Å². The largest absolute Gasteiger partial charge is 0.468 e. The highest BCUT2D eigenvalue weighted by atomic mass is 79.9. The summed E-state index contributed by atoms with van der Waals surface area (Å²) in [5.74, 6) is -0.207. The maximum atomic E-state index is 11.1. The van der Waals surface area contributed by atoms with Crippen LogP contribution in [0.2, 0.25) is 0 Å². The van der Waals surface area contributed by atoms with Crippen LogP contribution in [0.1, 0.15) is 12.0 Å². The molecule has 76 valence electrons. The first-order valence-corrected chi connectivity index (χ1v) is 5.41. The van der Waals surface area contributed by atoms with E-state index in [4.69, 9.17) is 0 Å². The number of hydrogen-bond donors (Lipinski definition) is 0. The molecule has 3 heteroatoms. The van der Waals surface area contributed by atoms with E-state index in [1.54, 1.807) is 0 Å². The topological polar surface area (TPSA) is 26.3 Å². The van der Waals surface area contributed by atoms with Gasteiger partial charge in [0.1, 0.15) is 4.83 Å². The van der Waals surface area contributed by atoms with Crippen molar-refractivity contribution in [3.05, 3.63) is 35.9 Å². The monoisotopic (exact) mass is 256 g/mol. The molecule has 1 atom stereocenters. The van der Waals surface area contributed by atoms with E-state index in [0.29, 0.717) is 0 Å². The van der Waals surface area contributed by atoms with E-state index in [-0.39, 0.29) is 10.8 Å². The summed E-state index contributed by atoms with van der Waals surface area (Å²) in [4.78, 5) is 10.9. The molecule has 0 saturated heterocycles. The van der Waals surface area contributed by atoms with Gasteiger partial charge in [-0.1, -0.05) is 46.3 Å². The number of ether oxygens (including phenoxy) is 1. The minimum absolute atomic E-state index is 0.201. The van der Waals surface area contributed by atoms with E-state index in [0.717, 1.165) is 12.8 Å². The van der Waals surface area contributed by atoms with Crippen molar-refractivity contribution in [1.29, 1.82) is 0 Å². The Morgan fingerprint density at radius 2 is 2.07 bits per heavy atom. The summed E-state index contributed by atoms with van der Waals surface area (Å²) in [5, 5.41) is 0. The van der Waals surface area contributed by atoms with Crippen molar-refractivity contribution in [3.63, 3.8) is 0 Å². The first-order valence-electron chi connectivity index (χ1n) is 4.50. The van der Waals surface area contributed by atoms with Crippen LogP contribution >= 0.6 is 15.9 Å². The van der Waals surface area contributed by atoms with Crippen LogP contribution in [0.15, 0.2) is 30.3 Å². The summed E-state index contributed by atoms with van der Waals surface area (Å²) in [6.45, 7) is 0. The van der Waals surface area contributed by atoms with Gasteiger partial charge in [-0.2, -0.15) is 0 Å². The fourth-order valence-electron chi connectivity index (χ4n) is 1.18. The molecule has 0 aliphatic carbocycles. The van der Waals surface area contributed by atoms with Gasteiger partial charge < -0.3 is 4.74 Å². The predicted molar refractivity (Wildman–Crippen MR) is 59.5 cm³/mol. The smallest absolute Gasteiger partial charge is 0.319 e. The van der Waals surface area contributed by atoms with Crippen molar-refractivity contribution in [3.8, 4) is 0 Å². The molecule has 0 heterocycles. The quantitative estimate of drug-likeness (QED) is 0.612. The number of benzene rings is 1. The summed E-state index contributed by atoms with van der Waals surface area (Å²) in [6, 6.07) is 10.1. The molecule has 0 bridgehead atoms. The molecule has 0 radical (unpaired) electrons. The lowest BCUT2D eigenvalue weighted by molar-refractivity contribution is -0.139. The number of esters is 1. The highest BCUT2D eigenvalue weighted by Crippen LogP contribution is 2.11. The van der Waals surface area contributed by atoms with Gasteiger partial charge in [-0.25, -0.2) is 0 Å². The fraction of sp³-hybridized carbons (Fsp3) is 0.364. The standard InChI is InChI=1S/C11H13BrO2/c1-14-11(13)10(12)8-7-9-5-3-2-4-6-9/h2-6,10H,7-8H2,1H3/t10-/m0/s1.